The maximum absolute atomic E-state index is 11.9. The van der Waals surface area contributed by atoms with E-state index >= 15 is 0 Å². The van der Waals surface area contributed by atoms with Gasteiger partial charge in [-0.3, -0.25) is 25.3 Å². The van der Waals surface area contributed by atoms with Crippen LogP contribution in [0.1, 0.15) is 37.4 Å². The lowest BCUT2D eigenvalue weighted by Crippen LogP contribution is -2.50. The van der Waals surface area contributed by atoms with E-state index in [1.807, 2.05) is 12.3 Å². The van der Waals surface area contributed by atoms with Crippen LogP contribution in [0.4, 0.5) is 0 Å². The predicted molar refractivity (Wildman–Crippen MR) is 94.6 cm³/mol. The predicted octanol–water partition coefficient (Wildman–Crippen LogP) is 0.604. The zero-order valence-corrected chi connectivity index (χ0v) is 15.4. The summed E-state index contributed by atoms with van der Waals surface area (Å²) in [5.41, 5.74) is 5.84. The molecule has 1 aliphatic rings. The van der Waals surface area contributed by atoms with Gasteiger partial charge in [0.15, 0.2) is 0 Å². The Hall–Kier alpha value is -1.51. The van der Waals surface area contributed by atoms with Crippen molar-refractivity contribution in [2.45, 2.75) is 52.1 Å². The van der Waals surface area contributed by atoms with Crippen molar-refractivity contribution in [1.29, 1.82) is 0 Å². The van der Waals surface area contributed by atoms with Gasteiger partial charge < -0.3 is 5.32 Å². The molecule has 0 bridgehead atoms. The number of carbonyl (C=O) groups is 2. The highest BCUT2D eigenvalue weighted by atomic mass is 32.1. The number of hydrogen-bond donors (Lipinski definition) is 3. The summed E-state index contributed by atoms with van der Waals surface area (Å²) in [7, 11) is 0. The van der Waals surface area contributed by atoms with Gasteiger partial charge in [-0.2, -0.15) is 0 Å². The highest BCUT2D eigenvalue weighted by molar-refractivity contribution is 7.09. The number of amides is 2. The van der Waals surface area contributed by atoms with Crippen LogP contribution >= 0.6 is 11.3 Å². The number of hydrazine groups is 1. The topological polar surface area (TPSA) is 86.4 Å². The molecule has 24 heavy (non-hydrogen) atoms. The first-order chi connectivity index (χ1) is 11.4. The van der Waals surface area contributed by atoms with Gasteiger partial charge in [0.1, 0.15) is 5.01 Å². The maximum atomic E-state index is 11.9. The summed E-state index contributed by atoms with van der Waals surface area (Å²) in [6.45, 7) is 8.28. The summed E-state index contributed by atoms with van der Waals surface area (Å²) in [5, 5.41) is 6.18. The average molecular weight is 353 g/mol. The van der Waals surface area contributed by atoms with E-state index in [0.29, 0.717) is 18.6 Å². The van der Waals surface area contributed by atoms with Crippen LogP contribution in [0.3, 0.4) is 0 Å². The van der Waals surface area contributed by atoms with Gasteiger partial charge in [0, 0.05) is 36.2 Å². The highest BCUT2D eigenvalue weighted by Gasteiger charge is 2.21. The van der Waals surface area contributed by atoms with Crippen LogP contribution in [0, 0.1) is 6.92 Å². The quantitative estimate of drug-likeness (QED) is 0.652. The number of thiazole rings is 1. The minimum absolute atomic E-state index is 0.186. The molecule has 2 rings (SSSR count). The monoisotopic (exact) mass is 353 g/mol. The Morgan fingerprint density at radius 1 is 1.29 bits per heavy atom. The molecule has 2 amide bonds. The van der Waals surface area contributed by atoms with E-state index < -0.39 is 0 Å². The number of likely N-dealkylation sites (tertiary alicyclic amines) is 1. The largest absolute Gasteiger partial charge is 0.312 e. The fourth-order valence-corrected chi connectivity index (χ4v) is 3.55. The van der Waals surface area contributed by atoms with E-state index in [4.69, 9.17) is 0 Å². The molecule has 0 aliphatic carbocycles. The Kier molecular flexibility index (Phi) is 7.14. The fourth-order valence-electron chi connectivity index (χ4n) is 2.78. The summed E-state index contributed by atoms with van der Waals surface area (Å²) in [6.07, 6.45) is 2.27. The molecule has 0 unspecified atom stereocenters. The van der Waals surface area contributed by atoms with Crippen molar-refractivity contribution in [3.05, 3.63) is 16.1 Å². The van der Waals surface area contributed by atoms with Crippen LogP contribution < -0.4 is 16.2 Å². The number of nitrogens with zero attached hydrogens (tertiary/aromatic N) is 2. The van der Waals surface area contributed by atoms with E-state index in [2.05, 4.69) is 39.9 Å². The van der Waals surface area contributed by atoms with Gasteiger partial charge in [-0.05, 0) is 19.8 Å². The smallest absolute Gasteiger partial charge is 0.252 e. The van der Waals surface area contributed by atoms with Gasteiger partial charge in [0.25, 0.3) is 5.91 Å². The molecule has 1 fully saturated rings. The number of carbonyl (C=O) groups excluding carboxylic acids is 2. The molecule has 134 valence electrons. The number of aryl methyl sites for hydroxylation is 1. The van der Waals surface area contributed by atoms with Crippen LogP contribution in [0.2, 0.25) is 0 Å². The average Bonchev–Trinajstić information content (AvgIpc) is 2.92. The third-order valence-corrected chi connectivity index (χ3v) is 4.81. The molecule has 0 saturated carbocycles. The lowest BCUT2D eigenvalue weighted by Gasteiger charge is -2.32. The first kappa shape index (κ1) is 18.8. The molecule has 3 N–H and O–H groups in total. The molecule has 0 aromatic carbocycles. The van der Waals surface area contributed by atoms with Crippen molar-refractivity contribution >= 4 is 23.2 Å². The Morgan fingerprint density at radius 2 is 1.96 bits per heavy atom. The molecule has 0 spiro atoms. The Labute approximate surface area is 147 Å². The number of piperidine rings is 1. The maximum Gasteiger partial charge on any atom is 0.252 e. The van der Waals surface area contributed by atoms with Gasteiger partial charge in [0.05, 0.1) is 13.0 Å². The SMILES string of the molecule is Cc1csc(CC(=O)NNC(=O)CN2CCC(NC(C)C)CC2)n1. The molecule has 1 aromatic heterocycles. The van der Waals surface area contributed by atoms with Gasteiger partial charge in [0.2, 0.25) is 5.91 Å². The van der Waals surface area contributed by atoms with E-state index in [1.165, 1.54) is 11.3 Å². The first-order valence-corrected chi connectivity index (χ1v) is 9.27. The standard InChI is InChI=1S/C16H27N5O2S/c1-11(2)17-13-4-6-21(7-5-13)9-15(23)20-19-14(22)8-16-18-12(3)10-24-16/h10-11,13,17H,4-9H2,1-3H3,(H,19,22)(H,20,23). The van der Waals surface area contributed by atoms with Crippen molar-refractivity contribution in [1.82, 2.24) is 26.1 Å². The third kappa shape index (κ3) is 6.54. The summed E-state index contributed by atoms with van der Waals surface area (Å²) in [6, 6.07) is 1.02. The molecular weight excluding hydrogens is 326 g/mol. The van der Waals surface area contributed by atoms with Crippen LogP contribution in [0.5, 0.6) is 0 Å². The normalized spacial score (nSPS) is 16.3. The van der Waals surface area contributed by atoms with Crippen LogP contribution in [0.25, 0.3) is 0 Å². The number of aromatic nitrogens is 1. The number of nitrogens with one attached hydrogen (secondary N) is 3. The fraction of sp³-hybridized carbons (Fsp3) is 0.688. The van der Waals surface area contributed by atoms with Crippen molar-refractivity contribution in [3.63, 3.8) is 0 Å². The van der Waals surface area contributed by atoms with Crippen molar-refractivity contribution in [2.24, 2.45) is 0 Å². The van der Waals surface area contributed by atoms with Crippen LogP contribution in [0.15, 0.2) is 5.38 Å². The second kappa shape index (κ2) is 9.10. The van der Waals surface area contributed by atoms with Crippen LogP contribution in [-0.2, 0) is 16.0 Å². The molecule has 1 aromatic rings. The molecule has 7 nitrogen and oxygen atoms in total. The van der Waals surface area contributed by atoms with Gasteiger partial charge in [-0.1, -0.05) is 13.8 Å². The lowest BCUT2D eigenvalue weighted by atomic mass is 10.0. The third-order valence-electron chi connectivity index (χ3n) is 3.84. The van der Waals surface area contributed by atoms with E-state index in [-0.39, 0.29) is 18.2 Å². The Bertz CT molecular complexity index is 552. The highest BCUT2D eigenvalue weighted by Crippen LogP contribution is 2.10. The summed E-state index contributed by atoms with van der Waals surface area (Å²) in [5.74, 6) is -0.438. The van der Waals surface area contributed by atoms with E-state index in [9.17, 15) is 9.59 Å². The van der Waals surface area contributed by atoms with Crippen molar-refractivity contribution in [2.75, 3.05) is 19.6 Å². The second-order valence-corrected chi connectivity index (χ2v) is 7.47. The van der Waals surface area contributed by atoms with Crippen LogP contribution in [-0.4, -0.2) is 53.4 Å². The van der Waals surface area contributed by atoms with E-state index in [1.54, 1.807) is 0 Å². The minimum Gasteiger partial charge on any atom is -0.312 e. The molecule has 2 heterocycles. The summed E-state index contributed by atoms with van der Waals surface area (Å²) >= 11 is 1.45. The van der Waals surface area contributed by atoms with Gasteiger partial charge in [-0.25, -0.2) is 4.98 Å². The second-order valence-electron chi connectivity index (χ2n) is 6.53. The zero-order chi connectivity index (χ0) is 17.5. The number of hydrogen-bond acceptors (Lipinski definition) is 6. The molecule has 0 atom stereocenters. The Balaban J connectivity index is 1.62. The summed E-state index contributed by atoms with van der Waals surface area (Å²) < 4.78 is 0. The van der Waals surface area contributed by atoms with Crippen molar-refractivity contribution < 1.29 is 9.59 Å². The molecule has 0 radical (unpaired) electrons. The number of rotatable bonds is 6. The van der Waals surface area contributed by atoms with Gasteiger partial charge >= 0.3 is 0 Å². The van der Waals surface area contributed by atoms with Gasteiger partial charge in [-0.15, -0.1) is 11.3 Å². The first-order valence-electron chi connectivity index (χ1n) is 8.39. The summed E-state index contributed by atoms with van der Waals surface area (Å²) in [4.78, 5) is 30.1. The molecule has 1 saturated heterocycles. The molecule has 1 aliphatic heterocycles. The molecular formula is C16H27N5O2S. The van der Waals surface area contributed by atoms with E-state index in [0.717, 1.165) is 36.6 Å². The minimum atomic E-state index is -0.252. The van der Waals surface area contributed by atoms with Crippen molar-refractivity contribution in [3.8, 4) is 0 Å². The lowest BCUT2D eigenvalue weighted by molar-refractivity contribution is -0.129. The Morgan fingerprint density at radius 3 is 2.54 bits per heavy atom. The zero-order valence-electron chi connectivity index (χ0n) is 14.6. The molecule has 8 heteroatoms.